The maximum absolute atomic E-state index is 10.8. The predicted octanol–water partition coefficient (Wildman–Crippen LogP) is 3.10. The van der Waals surface area contributed by atoms with Crippen LogP contribution in [0.4, 0.5) is 5.69 Å². The van der Waals surface area contributed by atoms with Crippen LogP contribution < -0.4 is 5.32 Å². The van der Waals surface area contributed by atoms with Gasteiger partial charge in [-0.25, -0.2) is 0 Å². The largest absolute Gasteiger partial charge is 0.384 e. The van der Waals surface area contributed by atoms with Crippen LogP contribution in [0.2, 0.25) is 0 Å². The van der Waals surface area contributed by atoms with Gasteiger partial charge in [-0.15, -0.1) is 11.6 Å². The van der Waals surface area contributed by atoms with E-state index in [9.17, 15) is 4.79 Å². The molecule has 0 amide bonds. The Morgan fingerprint density at radius 1 is 1.47 bits per heavy atom. The Balaban J connectivity index is 2.86. The van der Waals surface area contributed by atoms with Crippen molar-refractivity contribution in [1.29, 1.82) is 0 Å². The van der Waals surface area contributed by atoms with Gasteiger partial charge in [-0.1, -0.05) is 13.0 Å². The topological polar surface area (TPSA) is 29.1 Å². The normalized spacial score (nSPS) is 10.0. The lowest BCUT2D eigenvalue weighted by Crippen LogP contribution is -2.03. The number of aryl methyl sites for hydroxylation is 1. The summed E-state index contributed by atoms with van der Waals surface area (Å²) >= 11 is 5.68. The van der Waals surface area contributed by atoms with Crippen LogP contribution in [0.25, 0.3) is 0 Å². The number of rotatable bonds is 6. The van der Waals surface area contributed by atoms with Gasteiger partial charge in [0.2, 0.25) is 0 Å². The van der Waals surface area contributed by atoms with Crippen LogP contribution in [-0.4, -0.2) is 18.7 Å². The second-order valence-electron chi connectivity index (χ2n) is 3.41. The van der Waals surface area contributed by atoms with Crippen molar-refractivity contribution in [3.05, 3.63) is 29.3 Å². The molecule has 0 fully saturated rings. The Kier molecular flexibility index (Phi) is 5.19. The van der Waals surface area contributed by atoms with Crippen LogP contribution >= 0.6 is 11.6 Å². The Morgan fingerprint density at radius 2 is 2.27 bits per heavy atom. The molecule has 1 aromatic rings. The van der Waals surface area contributed by atoms with Gasteiger partial charge in [0.1, 0.15) is 0 Å². The van der Waals surface area contributed by atoms with Crippen molar-refractivity contribution in [2.24, 2.45) is 0 Å². The van der Waals surface area contributed by atoms with Crippen LogP contribution in [0.15, 0.2) is 18.2 Å². The highest BCUT2D eigenvalue weighted by atomic mass is 35.5. The second kappa shape index (κ2) is 6.46. The molecule has 2 nitrogen and oxygen atoms in total. The summed E-state index contributed by atoms with van der Waals surface area (Å²) in [6.45, 7) is 2.97. The maximum atomic E-state index is 10.8. The number of carbonyl (C=O) groups excluding carboxylic acids is 1. The molecule has 15 heavy (non-hydrogen) atoms. The lowest BCUT2D eigenvalue weighted by atomic mass is 10.1. The first-order chi connectivity index (χ1) is 7.31. The molecule has 3 heteroatoms. The molecule has 0 aliphatic rings. The summed E-state index contributed by atoms with van der Waals surface area (Å²) in [5, 5.41) is 3.24. The molecular formula is C12H16ClNO. The molecule has 0 saturated carbocycles. The molecule has 0 saturated heterocycles. The molecule has 0 unspecified atom stereocenters. The molecule has 1 rings (SSSR count). The molecule has 0 aliphatic carbocycles. The third-order valence-corrected chi connectivity index (χ3v) is 2.38. The van der Waals surface area contributed by atoms with Crippen LogP contribution in [0.1, 0.15) is 29.3 Å². The van der Waals surface area contributed by atoms with E-state index in [0.717, 1.165) is 36.9 Å². The minimum absolute atomic E-state index is 0.605. The fraction of sp³-hybridized carbons (Fsp3) is 0.417. The van der Waals surface area contributed by atoms with Gasteiger partial charge < -0.3 is 5.32 Å². The van der Waals surface area contributed by atoms with E-state index in [1.807, 2.05) is 18.2 Å². The number of anilines is 1. The summed E-state index contributed by atoms with van der Waals surface area (Å²) in [4.78, 5) is 10.8. The summed E-state index contributed by atoms with van der Waals surface area (Å²) < 4.78 is 0. The second-order valence-corrected chi connectivity index (χ2v) is 3.78. The van der Waals surface area contributed by atoms with Gasteiger partial charge in [0.25, 0.3) is 0 Å². The van der Waals surface area contributed by atoms with Gasteiger partial charge in [-0.05, 0) is 30.5 Å². The first-order valence-corrected chi connectivity index (χ1v) is 5.73. The molecule has 0 spiro atoms. The average molecular weight is 226 g/mol. The number of carbonyl (C=O) groups is 1. The van der Waals surface area contributed by atoms with E-state index < -0.39 is 0 Å². The highest BCUT2D eigenvalue weighted by Crippen LogP contribution is 2.17. The Labute approximate surface area is 95.6 Å². The molecule has 0 heterocycles. The third-order valence-electron chi connectivity index (χ3n) is 2.19. The van der Waals surface area contributed by atoms with Crippen LogP contribution in [0.5, 0.6) is 0 Å². The summed E-state index contributed by atoms with van der Waals surface area (Å²) in [5.74, 6) is 0.605. The maximum Gasteiger partial charge on any atom is 0.152 e. The summed E-state index contributed by atoms with van der Waals surface area (Å²) in [6, 6.07) is 5.79. The van der Waals surface area contributed by atoms with Crippen molar-refractivity contribution in [1.82, 2.24) is 0 Å². The number of alkyl halides is 1. The molecule has 0 bridgehead atoms. The van der Waals surface area contributed by atoms with E-state index >= 15 is 0 Å². The predicted molar refractivity (Wildman–Crippen MR) is 65.0 cm³/mol. The monoisotopic (exact) mass is 225 g/mol. The van der Waals surface area contributed by atoms with E-state index in [1.54, 1.807) is 0 Å². The number of halogens is 1. The van der Waals surface area contributed by atoms with Crippen molar-refractivity contribution >= 4 is 23.6 Å². The number of aldehydes is 1. The zero-order chi connectivity index (χ0) is 11.1. The quantitative estimate of drug-likeness (QED) is 0.596. The van der Waals surface area contributed by atoms with Gasteiger partial charge >= 0.3 is 0 Å². The van der Waals surface area contributed by atoms with E-state index in [2.05, 4.69) is 12.2 Å². The molecule has 1 N–H and O–H groups in total. The van der Waals surface area contributed by atoms with Crippen molar-refractivity contribution in [2.75, 3.05) is 17.7 Å². The van der Waals surface area contributed by atoms with Crippen molar-refractivity contribution in [3.8, 4) is 0 Å². The molecule has 1 aromatic carbocycles. The van der Waals surface area contributed by atoms with E-state index in [1.165, 1.54) is 0 Å². The van der Waals surface area contributed by atoms with E-state index in [4.69, 9.17) is 11.6 Å². The lowest BCUT2D eigenvalue weighted by Gasteiger charge is -2.09. The smallest absolute Gasteiger partial charge is 0.152 e. The van der Waals surface area contributed by atoms with Crippen molar-refractivity contribution < 1.29 is 4.79 Å². The highest BCUT2D eigenvalue weighted by molar-refractivity contribution is 6.18. The zero-order valence-electron chi connectivity index (χ0n) is 8.92. The summed E-state index contributed by atoms with van der Waals surface area (Å²) in [5.41, 5.74) is 2.78. The van der Waals surface area contributed by atoms with Gasteiger partial charge in [0.05, 0.1) is 0 Å². The SMILES string of the molecule is CCCNc1cc(CCCl)ccc1C=O. The third kappa shape index (κ3) is 3.56. The fourth-order valence-corrected chi connectivity index (χ4v) is 1.60. The Bertz CT molecular complexity index is 325. The van der Waals surface area contributed by atoms with Gasteiger partial charge in [0.15, 0.2) is 6.29 Å². The molecule has 0 radical (unpaired) electrons. The number of benzene rings is 1. The minimum atomic E-state index is 0.605. The lowest BCUT2D eigenvalue weighted by molar-refractivity contribution is 0.112. The highest BCUT2D eigenvalue weighted by Gasteiger charge is 2.02. The number of hydrogen-bond donors (Lipinski definition) is 1. The fourth-order valence-electron chi connectivity index (χ4n) is 1.38. The van der Waals surface area contributed by atoms with Crippen LogP contribution in [0, 0.1) is 0 Å². The van der Waals surface area contributed by atoms with Gasteiger partial charge in [0, 0.05) is 23.7 Å². The first-order valence-electron chi connectivity index (χ1n) is 5.19. The Hall–Kier alpha value is -1.02. The standard InChI is InChI=1S/C12H16ClNO/c1-2-7-14-12-8-10(5-6-13)3-4-11(12)9-15/h3-4,8-9,14H,2,5-7H2,1H3. The van der Waals surface area contributed by atoms with Crippen molar-refractivity contribution in [2.45, 2.75) is 19.8 Å². The van der Waals surface area contributed by atoms with Gasteiger partial charge in [-0.3, -0.25) is 4.79 Å². The number of hydrogen-bond acceptors (Lipinski definition) is 2. The van der Waals surface area contributed by atoms with Crippen LogP contribution in [-0.2, 0) is 6.42 Å². The number of nitrogens with one attached hydrogen (secondary N) is 1. The molecule has 82 valence electrons. The zero-order valence-corrected chi connectivity index (χ0v) is 9.68. The van der Waals surface area contributed by atoms with E-state index in [-0.39, 0.29) is 0 Å². The van der Waals surface area contributed by atoms with Crippen LogP contribution in [0.3, 0.4) is 0 Å². The van der Waals surface area contributed by atoms with E-state index in [0.29, 0.717) is 11.4 Å². The average Bonchev–Trinajstić information content (AvgIpc) is 2.27. The molecular weight excluding hydrogens is 210 g/mol. The van der Waals surface area contributed by atoms with Gasteiger partial charge in [-0.2, -0.15) is 0 Å². The molecule has 0 aromatic heterocycles. The van der Waals surface area contributed by atoms with Crippen molar-refractivity contribution in [3.63, 3.8) is 0 Å². The first kappa shape index (κ1) is 12.1. The summed E-state index contributed by atoms with van der Waals surface area (Å²) in [6.07, 6.45) is 2.75. The Morgan fingerprint density at radius 3 is 2.87 bits per heavy atom. The molecule has 0 atom stereocenters. The molecule has 0 aliphatic heterocycles. The minimum Gasteiger partial charge on any atom is -0.384 e. The summed E-state index contributed by atoms with van der Waals surface area (Å²) in [7, 11) is 0.